The molecule has 5 heteroatoms. The van der Waals surface area contributed by atoms with Gasteiger partial charge in [0.15, 0.2) is 5.69 Å². The van der Waals surface area contributed by atoms with Crippen LogP contribution in [0.4, 0.5) is 0 Å². The first-order valence-corrected chi connectivity index (χ1v) is 6.54. The van der Waals surface area contributed by atoms with E-state index in [2.05, 4.69) is 28.3 Å². The van der Waals surface area contributed by atoms with E-state index in [9.17, 15) is 5.26 Å². The normalized spacial score (nSPS) is 10.3. The molecule has 0 aliphatic rings. The van der Waals surface area contributed by atoms with E-state index in [1.807, 2.05) is 37.3 Å². The second kappa shape index (κ2) is 5.17. The summed E-state index contributed by atoms with van der Waals surface area (Å²) in [5.74, 6) is 0. The van der Waals surface area contributed by atoms with E-state index in [1.54, 1.807) is 17.1 Å². The Morgan fingerprint density at radius 1 is 1.14 bits per heavy atom. The Labute approximate surface area is 122 Å². The summed E-state index contributed by atoms with van der Waals surface area (Å²) >= 11 is 0. The molecule has 0 amide bonds. The van der Waals surface area contributed by atoms with Crippen molar-refractivity contribution in [1.29, 1.82) is 5.26 Å². The average molecular weight is 275 g/mol. The van der Waals surface area contributed by atoms with Crippen molar-refractivity contribution in [1.82, 2.24) is 20.0 Å². The van der Waals surface area contributed by atoms with Crippen LogP contribution in [0.2, 0.25) is 0 Å². The van der Waals surface area contributed by atoms with Crippen LogP contribution >= 0.6 is 0 Å². The van der Waals surface area contributed by atoms with Crippen LogP contribution < -0.4 is 0 Å². The van der Waals surface area contributed by atoms with E-state index in [1.165, 1.54) is 11.1 Å². The van der Waals surface area contributed by atoms with E-state index in [0.717, 1.165) is 11.3 Å². The highest BCUT2D eigenvalue weighted by atomic mass is 15.4. The van der Waals surface area contributed by atoms with Gasteiger partial charge in [0, 0.05) is 18.0 Å². The summed E-state index contributed by atoms with van der Waals surface area (Å²) in [6, 6.07) is 11.8. The third kappa shape index (κ3) is 2.28. The molecule has 1 aromatic carbocycles. The Kier molecular flexibility index (Phi) is 3.20. The Bertz CT molecular complexity index is 828. The Balaban J connectivity index is 2.23. The summed E-state index contributed by atoms with van der Waals surface area (Å²) in [6.45, 7) is 4.11. The zero-order valence-electron chi connectivity index (χ0n) is 11.8. The lowest BCUT2D eigenvalue weighted by Gasteiger charge is -2.08. The molecule has 0 fully saturated rings. The lowest BCUT2D eigenvalue weighted by molar-refractivity contribution is 0.805. The molecule has 0 aliphatic carbocycles. The smallest absolute Gasteiger partial charge is 0.191 e. The minimum Gasteiger partial charge on any atom is -0.264 e. The molecule has 0 saturated carbocycles. The molecule has 0 atom stereocenters. The standard InChI is InChI=1S/C16H13N5/c1-11-5-6-14(8-12(11)2)21-16(15(9-17)19-20-21)13-4-3-7-18-10-13/h3-8,10H,1-2H3. The first-order valence-electron chi connectivity index (χ1n) is 6.54. The van der Waals surface area contributed by atoms with Crippen molar-refractivity contribution < 1.29 is 0 Å². The number of nitrogens with zero attached hydrogens (tertiary/aromatic N) is 5. The molecule has 0 unspecified atom stereocenters. The highest BCUT2D eigenvalue weighted by molar-refractivity contribution is 5.66. The van der Waals surface area contributed by atoms with E-state index in [-0.39, 0.29) is 0 Å². The summed E-state index contributed by atoms with van der Waals surface area (Å²) in [4.78, 5) is 4.10. The van der Waals surface area contributed by atoms with Crippen molar-refractivity contribution >= 4 is 0 Å². The maximum Gasteiger partial charge on any atom is 0.191 e. The minimum absolute atomic E-state index is 0.293. The van der Waals surface area contributed by atoms with Crippen molar-refractivity contribution in [2.45, 2.75) is 13.8 Å². The first-order chi connectivity index (χ1) is 10.2. The molecule has 21 heavy (non-hydrogen) atoms. The van der Waals surface area contributed by atoms with Gasteiger partial charge in [-0.25, -0.2) is 4.68 Å². The number of nitriles is 1. The van der Waals surface area contributed by atoms with Crippen molar-refractivity contribution in [2.75, 3.05) is 0 Å². The Morgan fingerprint density at radius 3 is 2.67 bits per heavy atom. The maximum absolute atomic E-state index is 9.25. The number of hydrogen-bond acceptors (Lipinski definition) is 4. The number of pyridine rings is 1. The second-order valence-electron chi connectivity index (χ2n) is 4.82. The quantitative estimate of drug-likeness (QED) is 0.721. The maximum atomic E-state index is 9.25. The van der Waals surface area contributed by atoms with E-state index in [4.69, 9.17) is 0 Å². The first kappa shape index (κ1) is 13.0. The molecule has 0 spiro atoms. The molecule has 0 bridgehead atoms. The van der Waals surface area contributed by atoms with Gasteiger partial charge in [-0.1, -0.05) is 11.3 Å². The van der Waals surface area contributed by atoms with E-state index < -0.39 is 0 Å². The second-order valence-corrected chi connectivity index (χ2v) is 4.82. The zero-order valence-corrected chi connectivity index (χ0v) is 11.8. The summed E-state index contributed by atoms with van der Waals surface area (Å²) < 4.78 is 1.68. The van der Waals surface area contributed by atoms with Crippen molar-refractivity contribution in [2.24, 2.45) is 0 Å². The monoisotopic (exact) mass is 275 g/mol. The average Bonchev–Trinajstić information content (AvgIpc) is 2.95. The summed E-state index contributed by atoms with van der Waals surface area (Å²) in [5.41, 5.74) is 5.03. The molecule has 0 saturated heterocycles. The molecular formula is C16H13N5. The molecule has 102 valence electrons. The van der Waals surface area contributed by atoms with Crippen LogP contribution in [-0.2, 0) is 0 Å². The Hall–Kier alpha value is -3.00. The van der Waals surface area contributed by atoms with Gasteiger partial charge in [0.25, 0.3) is 0 Å². The third-order valence-electron chi connectivity index (χ3n) is 3.45. The number of aryl methyl sites for hydroxylation is 2. The van der Waals surface area contributed by atoms with Crippen molar-refractivity contribution in [3.05, 3.63) is 59.5 Å². The van der Waals surface area contributed by atoms with Gasteiger partial charge in [0.2, 0.25) is 0 Å². The van der Waals surface area contributed by atoms with Crippen LogP contribution in [-0.4, -0.2) is 20.0 Å². The van der Waals surface area contributed by atoms with Gasteiger partial charge >= 0.3 is 0 Å². The topological polar surface area (TPSA) is 67.4 Å². The van der Waals surface area contributed by atoms with Gasteiger partial charge in [0.05, 0.1) is 5.69 Å². The SMILES string of the molecule is Cc1ccc(-n2nnc(C#N)c2-c2cccnc2)cc1C. The number of aromatic nitrogens is 4. The van der Waals surface area contributed by atoms with Crippen LogP contribution in [0.3, 0.4) is 0 Å². The fraction of sp³-hybridized carbons (Fsp3) is 0.125. The van der Waals surface area contributed by atoms with Gasteiger partial charge in [0.1, 0.15) is 11.8 Å². The fourth-order valence-electron chi connectivity index (χ4n) is 2.16. The van der Waals surface area contributed by atoms with Gasteiger partial charge < -0.3 is 0 Å². The highest BCUT2D eigenvalue weighted by Gasteiger charge is 2.16. The zero-order chi connectivity index (χ0) is 14.8. The van der Waals surface area contributed by atoms with Crippen LogP contribution in [0, 0.1) is 25.2 Å². The highest BCUT2D eigenvalue weighted by Crippen LogP contribution is 2.24. The van der Waals surface area contributed by atoms with Crippen molar-refractivity contribution in [3.63, 3.8) is 0 Å². The van der Waals surface area contributed by atoms with Gasteiger partial charge in [-0.3, -0.25) is 4.98 Å². The molecular weight excluding hydrogens is 262 g/mol. The van der Waals surface area contributed by atoms with Gasteiger partial charge in [-0.05, 0) is 49.2 Å². The van der Waals surface area contributed by atoms with Crippen LogP contribution in [0.25, 0.3) is 16.9 Å². The molecule has 0 radical (unpaired) electrons. The largest absolute Gasteiger partial charge is 0.264 e. The third-order valence-corrected chi connectivity index (χ3v) is 3.45. The lowest BCUT2D eigenvalue weighted by atomic mass is 10.1. The predicted octanol–water partition coefficient (Wildman–Crippen LogP) is 2.82. The minimum atomic E-state index is 0.293. The van der Waals surface area contributed by atoms with Crippen molar-refractivity contribution in [3.8, 4) is 23.0 Å². The predicted molar refractivity (Wildman–Crippen MR) is 78.8 cm³/mol. The molecule has 5 nitrogen and oxygen atoms in total. The summed E-state index contributed by atoms with van der Waals surface area (Å²) in [7, 11) is 0. The van der Waals surface area contributed by atoms with Crippen LogP contribution in [0.15, 0.2) is 42.7 Å². The summed E-state index contributed by atoms with van der Waals surface area (Å²) in [5, 5.41) is 17.3. The molecule has 0 N–H and O–H groups in total. The molecule has 2 heterocycles. The van der Waals surface area contributed by atoms with E-state index >= 15 is 0 Å². The molecule has 0 aliphatic heterocycles. The number of rotatable bonds is 2. The summed E-state index contributed by atoms with van der Waals surface area (Å²) in [6.07, 6.45) is 3.40. The van der Waals surface area contributed by atoms with Gasteiger partial charge in [-0.15, -0.1) is 5.10 Å². The van der Waals surface area contributed by atoms with Gasteiger partial charge in [-0.2, -0.15) is 5.26 Å². The Morgan fingerprint density at radius 2 is 2.00 bits per heavy atom. The fourth-order valence-corrected chi connectivity index (χ4v) is 2.16. The van der Waals surface area contributed by atoms with Crippen LogP contribution in [0.5, 0.6) is 0 Å². The number of hydrogen-bond donors (Lipinski definition) is 0. The molecule has 2 aromatic heterocycles. The number of benzene rings is 1. The molecule has 3 aromatic rings. The van der Waals surface area contributed by atoms with Crippen LogP contribution in [0.1, 0.15) is 16.8 Å². The van der Waals surface area contributed by atoms with E-state index in [0.29, 0.717) is 11.4 Å². The molecule has 3 rings (SSSR count). The lowest BCUT2D eigenvalue weighted by Crippen LogP contribution is -2.01.